The number of hydrogen-bond acceptors (Lipinski definition) is 3. The van der Waals surface area contributed by atoms with Crippen molar-refractivity contribution in [3.8, 4) is 0 Å². The van der Waals surface area contributed by atoms with Crippen LogP contribution in [0.5, 0.6) is 0 Å². The molecule has 1 aromatic heterocycles. The topological polar surface area (TPSA) is 24.9 Å². The normalized spacial score (nSPS) is 13.5. The number of nitrogens with one attached hydrogen (secondary N) is 1. The molecule has 0 aliphatic heterocycles. The van der Waals surface area contributed by atoms with Crippen LogP contribution in [0.15, 0.2) is 5.38 Å². The summed E-state index contributed by atoms with van der Waals surface area (Å²) in [6.07, 6.45) is 2.37. The molecule has 0 radical (unpaired) electrons. The van der Waals surface area contributed by atoms with E-state index in [1.165, 1.54) is 18.5 Å². The Balaban J connectivity index is 2.53. The van der Waals surface area contributed by atoms with E-state index in [4.69, 9.17) is 0 Å². The highest BCUT2D eigenvalue weighted by atomic mass is 32.1. The van der Waals surface area contributed by atoms with Crippen LogP contribution < -0.4 is 5.32 Å². The molecular formula is C11H20N2S. The molecule has 0 fully saturated rings. The highest BCUT2D eigenvalue weighted by Crippen LogP contribution is 2.17. The third-order valence-electron chi connectivity index (χ3n) is 2.55. The van der Waals surface area contributed by atoms with Crippen LogP contribution in [0.2, 0.25) is 0 Å². The minimum atomic E-state index is 0.379. The van der Waals surface area contributed by atoms with Crippen LogP contribution in [-0.2, 0) is 0 Å². The average molecular weight is 212 g/mol. The van der Waals surface area contributed by atoms with E-state index in [0.717, 1.165) is 5.01 Å². The lowest BCUT2D eigenvalue weighted by Gasteiger charge is -2.19. The smallest absolute Gasteiger partial charge is 0.0898 e. The Morgan fingerprint density at radius 2 is 2.07 bits per heavy atom. The fourth-order valence-corrected chi connectivity index (χ4v) is 2.25. The van der Waals surface area contributed by atoms with Crippen LogP contribution in [0.25, 0.3) is 0 Å². The maximum absolute atomic E-state index is 4.49. The number of nitrogens with zero attached hydrogens (tertiary/aromatic N) is 1. The van der Waals surface area contributed by atoms with E-state index in [1.54, 1.807) is 11.3 Å². The first-order valence-electron chi connectivity index (χ1n) is 5.35. The zero-order valence-corrected chi connectivity index (χ0v) is 10.3. The molecule has 80 valence electrons. The second-order valence-electron chi connectivity index (χ2n) is 3.69. The summed E-state index contributed by atoms with van der Waals surface area (Å²) in [6.45, 7) is 8.69. The predicted octanol–water partition coefficient (Wildman–Crippen LogP) is 3.29. The minimum Gasteiger partial charge on any atom is -0.306 e. The van der Waals surface area contributed by atoms with E-state index in [2.05, 4.69) is 43.4 Å². The molecule has 1 atom stereocenters. The van der Waals surface area contributed by atoms with Gasteiger partial charge in [-0.1, -0.05) is 13.8 Å². The van der Waals surface area contributed by atoms with Gasteiger partial charge in [-0.2, -0.15) is 0 Å². The van der Waals surface area contributed by atoms with Gasteiger partial charge in [0, 0.05) is 17.5 Å². The van der Waals surface area contributed by atoms with E-state index >= 15 is 0 Å². The van der Waals surface area contributed by atoms with Crippen molar-refractivity contribution in [3.05, 3.63) is 16.1 Å². The summed E-state index contributed by atoms with van der Waals surface area (Å²) in [5.41, 5.74) is 1.18. The van der Waals surface area contributed by atoms with Gasteiger partial charge in [0.25, 0.3) is 0 Å². The molecule has 1 heterocycles. The van der Waals surface area contributed by atoms with Crippen molar-refractivity contribution in [2.75, 3.05) is 0 Å². The average Bonchev–Trinajstić information content (AvgIpc) is 2.61. The van der Waals surface area contributed by atoms with Gasteiger partial charge in [0.1, 0.15) is 0 Å². The number of hydrogen-bond donors (Lipinski definition) is 1. The largest absolute Gasteiger partial charge is 0.306 e. The van der Waals surface area contributed by atoms with Crippen molar-refractivity contribution in [2.24, 2.45) is 0 Å². The molecule has 0 saturated carbocycles. The zero-order valence-electron chi connectivity index (χ0n) is 9.50. The van der Waals surface area contributed by atoms with E-state index in [1.807, 2.05) is 0 Å². The minimum absolute atomic E-state index is 0.379. The lowest BCUT2D eigenvalue weighted by atomic mass is 10.1. The first-order chi connectivity index (χ1) is 6.67. The molecule has 3 heteroatoms. The summed E-state index contributed by atoms with van der Waals surface area (Å²) in [6, 6.07) is 0.997. The second kappa shape index (κ2) is 5.47. The molecule has 1 unspecified atom stereocenters. The van der Waals surface area contributed by atoms with Crippen LogP contribution in [0.3, 0.4) is 0 Å². The molecule has 0 aliphatic rings. The molecule has 0 bridgehead atoms. The first kappa shape index (κ1) is 11.7. The fraction of sp³-hybridized carbons (Fsp3) is 0.727. The second-order valence-corrected chi connectivity index (χ2v) is 4.76. The Morgan fingerprint density at radius 1 is 1.43 bits per heavy atom. The van der Waals surface area contributed by atoms with Crippen molar-refractivity contribution in [1.29, 1.82) is 0 Å². The summed E-state index contributed by atoms with van der Waals surface area (Å²) < 4.78 is 0. The summed E-state index contributed by atoms with van der Waals surface area (Å²) in [5.74, 6) is 0. The molecule has 2 nitrogen and oxygen atoms in total. The molecule has 0 amide bonds. The molecule has 0 aliphatic carbocycles. The number of aromatic nitrogens is 1. The van der Waals surface area contributed by atoms with Gasteiger partial charge < -0.3 is 5.32 Å². The van der Waals surface area contributed by atoms with E-state index < -0.39 is 0 Å². The third kappa shape index (κ3) is 3.07. The van der Waals surface area contributed by atoms with E-state index in [0.29, 0.717) is 12.1 Å². The van der Waals surface area contributed by atoms with Crippen molar-refractivity contribution in [2.45, 2.75) is 52.6 Å². The van der Waals surface area contributed by atoms with Crippen LogP contribution in [-0.4, -0.2) is 11.0 Å². The highest BCUT2D eigenvalue weighted by Gasteiger charge is 2.12. The molecule has 1 N–H and O–H groups in total. The molecule has 0 saturated heterocycles. The Morgan fingerprint density at radius 3 is 2.50 bits per heavy atom. The standard InChI is InChI=1S/C11H20N2S/c1-5-10(6-2)12-8(3)11-7-14-9(4)13-11/h7-8,10,12H,5-6H2,1-4H3. The number of aryl methyl sites for hydroxylation is 1. The van der Waals surface area contributed by atoms with Gasteiger partial charge in [0.15, 0.2) is 0 Å². The van der Waals surface area contributed by atoms with Crippen molar-refractivity contribution < 1.29 is 0 Å². The van der Waals surface area contributed by atoms with Crippen LogP contribution >= 0.6 is 11.3 Å². The maximum Gasteiger partial charge on any atom is 0.0898 e. The fourth-order valence-electron chi connectivity index (χ4n) is 1.54. The SMILES string of the molecule is CCC(CC)NC(C)c1csc(C)n1. The third-order valence-corrected chi connectivity index (χ3v) is 3.34. The summed E-state index contributed by atoms with van der Waals surface area (Å²) in [5, 5.41) is 6.89. The first-order valence-corrected chi connectivity index (χ1v) is 6.23. The van der Waals surface area contributed by atoms with Crippen LogP contribution in [0.1, 0.15) is 50.4 Å². The molecule has 1 aromatic rings. The lowest BCUT2D eigenvalue weighted by molar-refractivity contribution is 0.428. The van der Waals surface area contributed by atoms with Gasteiger partial charge in [-0.25, -0.2) is 4.98 Å². The maximum atomic E-state index is 4.49. The van der Waals surface area contributed by atoms with Gasteiger partial charge in [0.05, 0.1) is 10.7 Å². The Kier molecular flexibility index (Phi) is 4.55. The quantitative estimate of drug-likeness (QED) is 0.810. The lowest BCUT2D eigenvalue weighted by Crippen LogP contribution is -2.30. The zero-order chi connectivity index (χ0) is 10.6. The number of rotatable bonds is 5. The van der Waals surface area contributed by atoms with E-state index in [-0.39, 0.29) is 0 Å². The van der Waals surface area contributed by atoms with Crippen LogP contribution in [0, 0.1) is 6.92 Å². The Bertz CT molecular complexity index is 266. The van der Waals surface area contributed by atoms with Gasteiger partial charge in [-0.3, -0.25) is 0 Å². The van der Waals surface area contributed by atoms with Gasteiger partial charge in [-0.05, 0) is 26.7 Å². The summed E-state index contributed by atoms with van der Waals surface area (Å²) in [7, 11) is 0. The Hall–Kier alpha value is -0.410. The molecule has 14 heavy (non-hydrogen) atoms. The molecule has 1 rings (SSSR count). The van der Waals surface area contributed by atoms with Crippen molar-refractivity contribution in [3.63, 3.8) is 0 Å². The summed E-state index contributed by atoms with van der Waals surface area (Å²) >= 11 is 1.72. The highest BCUT2D eigenvalue weighted by molar-refractivity contribution is 7.09. The number of thiazole rings is 1. The van der Waals surface area contributed by atoms with Gasteiger partial charge in [-0.15, -0.1) is 11.3 Å². The Labute approximate surface area is 90.8 Å². The molecular weight excluding hydrogens is 192 g/mol. The van der Waals surface area contributed by atoms with Crippen molar-refractivity contribution >= 4 is 11.3 Å². The van der Waals surface area contributed by atoms with Crippen molar-refractivity contribution in [1.82, 2.24) is 10.3 Å². The molecule has 0 aromatic carbocycles. The predicted molar refractivity (Wildman–Crippen MR) is 62.8 cm³/mol. The monoisotopic (exact) mass is 212 g/mol. The van der Waals surface area contributed by atoms with Gasteiger partial charge in [0.2, 0.25) is 0 Å². The van der Waals surface area contributed by atoms with Crippen LogP contribution in [0.4, 0.5) is 0 Å². The van der Waals surface area contributed by atoms with Gasteiger partial charge >= 0.3 is 0 Å². The summed E-state index contributed by atoms with van der Waals surface area (Å²) in [4.78, 5) is 4.49. The van der Waals surface area contributed by atoms with E-state index in [9.17, 15) is 0 Å². The molecule has 0 spiro atoms.